The zero-order valence-corrected chi connectivity index (χ0v) is 11.9. The van der Waals surface area contributed by atoms with Gasteiger partial charge in [-0.05, 0) is 43.3 Å². The summed E-state index contributed by atoms with van der Waals surface area (Å²) in [5.74, 6) is 0.886. The van der Waals surface area contributed by atoms with Crippen molar-refractivity contribution < 1.29 is 4.74 Å². The molecule has 0 unspecified atom stereocenters. The largest absolute Gasteiger partial charge is 0.494 e. The quantitative estimate of drug-likeness (QED) is 0.716. The van der Waals surface area contributed by atoms with Crippen molar-refractivity contribution in [2.45, 2.75) is 6.92 Å². The lowest BCUT2D eigenvalue weighted by molar-refractivity contribution is 0.340. The van der Waals surface area contributed by atoms with Gasteiger partial charge in [-0.2, -0.15) is 0 Å². The fourth-order valence-corrected chi connectivity index (χ4v) is 2.71. The van der Waals surface area contributed by atoms with Gasteiger partial charge in [0.25, 0.3) is 0 Å². The highest BCUT2D eigenvalue weighted by molar-refractivity contribution is 7.13. The van der Waals surface area contributed by atoms with E-state index in [-0.39, 0.29) is 0 Å². The summed E-state index contributed by atoms with van der Waals surface area (Å²) in [5.41, 5.74) is 2.97. The van der Waals surface area contributed by atoms with Crippen LogP contribution < -0.4 is 4.74 Å². The molecule has 20 heavy (non-hydrogen) atoms. The van der Waals surface area contributed by atoms with Crippen LogP contribution in [0.3, 0.4) is 0 Å². The van der Waals surface area contributed by atoms with E-state index in [2.05, 4.69) is 15.3 Å². The molecule has 3 rings (SSSR count). The maximum atomic E-state index is 5.44. The van der Waals surface area contributed by atoms with Crippen molar-refractivity contribution >= 4 is 11.3 Å². The first-order chi connectivity index (χ1) is 9.86. The third kappa shape index (κ3) is 2.70. The van der Waals surface area contributed by atoms with Gasteiger partial charge in [0.1, 0.15) is 10.8 Å². The molecule has 0 radical (unpaired) electrons. The van der Waals surface area contributed by atoms with Crippen LogP contribution in [0.5, 0.6) is 5.75 Å². The van der Waals surface area contributed by atoms with Crippen LogP contribution in [-0.4, -0.2) is 16.6 Å². The normalized spacial score (nSPS) is 10.4. The first kappa shape index (κ1) is 12.8. The third-order valence-electron chi connectivity index (χ3n) is 2.85. The first-order valence-electron chi connectivity index (χ1n) is 6.47. The number of hydrogen-bond donors (Lipinski definition) is 0. The molecule has 3 nitrogen and oxygen atoms in total. The smallest absolute Gasteiger partial charge is 0.142 e. The SMILES string of the molecule is CCOc1ccc(-c2csc(-c3ccccn3)n2)cc1. The van der Waals surface area contributed by atoms with E-state index in [0.717, 1.165) is 27.7 Å². The van der Waals surface area contributed by atoms with Crippen LogP contribution in [0.2, 0.25) is 0 Å². The molecule has 4 heteroatoms. The predicted octanol–water partition coefficient (Wildman–Crippen LogP) is 4.27. The standard InChI is InChI=1S/C16H14N2OS/c1-2-19-13-8-6-12(7-9-13)15-11-20-16(18-15)14-5-3-4-10-17-14/h3-11H,2H2,1H3. The van der Waals surface area contributed by atoms with Crippen molar-refractivity contribution in [1.29, 1.82) is 0 Å². The molecule has 1 aromatic carbocycles. The Labute approximate surface area is 121 Å². The summed E-state index contributed by atoms with van der Waals surface area (Å²) >= 11 is 1.61. The number of benzene rings is 1. The summed E-state index contributed by atoms with van der Waals surface area (Å²) in [6, 6.07) is 13.9. The second-order valence-electron chi connectivity index (χ2n) is 4.21. The van der Waals surface area contributed by atoms with Gasteiger partial charge in [0, 0.05) is 17.1 Å². The highest BCUT2D eigenvalue weighted by atomic mass is 32.1. The molecule has 2 heterocycles. The second kappa shape index (κ2) is 5.84. The van der Waals surface area contributed by atoms with Crippen molar-refractivity contribution in [3.63, 3.8) is 0 Å². The summed E-state index contributed by atoms with van der Waals surface area (Å²) in [6.45, 7) is 2.66. The lowest BCUT2D eigenvalue weighted by Gasteiger charge is -2.03. The van der Waals surface area contributed by atoms with Crippen molar-refractivity contribution in [1.82, 2.24) is 9.97 Å². The average molecular weight is 282 g/mol. The minimum absolute atomic E-state index is 0.680. The van der Waals surface area contributed by atoms with Gasteiger partial charge in [0.15, 0.2) is 0 Å². The van der Waals surface area contributed by atoms with Crippen molar-refractivity contribution in [2.24, 2.45) is 0 Å². The molecule has 0 aliphatic heterocycles. The Morgan fingerprint density at radius 2 is 1.90 bits per heavy atom. The Kier molecular flexibility index (Phi) is 3.74. The summed E-state index contributed by atoms with van der Waals surface area (Å²) < 4.78 is 5.44. The Morgan fingerprint density at radius 1 is 1.05 bits per heavy atom. The number of hydrogen-bond acceptors (Lipinski definition) is 4. The Morgan fingerprint density at radius 3 is 2.60 bits per heavy atom. The predicted molar refractivity (Wildman–Crippen MR) is 82.0 cm³/mol. The molecule has 0 bridgehead atoms. The van der Waals surface area contributed by atoms with Crippen LogP contribution in [0.15, 0.2) is 54.0 Å². The molecule has 0 fully saturated rings. The molecular weight excluding hydrogens is 268 g/mol. The molecule has 2 aromatic heterocycles. The molecule has 0 aliphatic rings. The van der Waals surface area contributed by atoms with E-state index in [9.17, 15) is 0 Å². The maximum absolute atomic E-state index is 5.44. The lowest BCUT2D eigenvalue weighted by atomic mass is 10.2. The molecule has 0 aliphatic carbocycles. The minimum Gasteiger partial charge on any atom is -0.494 e. The first-order valence-corrected chi connectivity index (χ1v) is 7.35. The highest BCUT2D eigenvalue weighted by Gasteiger charge is 2.07. The molecule has 0 saturated heterocycles. The van der Waals surface area contributed by atoms with Gasteiger partial charge >= 0.3 is 0 Å². The van der Waals surface area contributed by atoms with Gasteiger partial charge in [-0.1, -0.05) is 6.07 Å². The van der Waals surface area contributed by atoms with Gasteiger partial charge in [0.2, 0.25) is 0 Å². The van der Waals surface area contributed by atoms with E-state index >= 15 is 0 Å². The fourth-order valence-electron chi connectivity index (χ4n) is 1.90. The molecule has 0 saturated carbocycles. The lowest BCUT2D eigenvalue weighted by Crippen LogP contribution is -1.90. The average Bonchev–Trinajstić information content (AvgIpc) is 2.99. The van der Waals surface area contributed by atoms with Crippen LogP contribution in [-0.2, 0) is 0 Å². The van der Waals surface area contributed by atoms with Crippen molar-refractivity contribution in [2.75, 3.05) is 6.61 Å². The van der Waals surface area contributed by atoms with E-state index in [1.165, 1.54) is 0 Å². The number of rotatable bonds is 4. The van der Waals surface area contributed by atoms with Crippen molar-refractivity contribution in [3.05, 3.63) is 54.0 Å². The van der Waals surface area contributed by atoms with Gasteiger partial charge in [-0.15, -0.1) is 11.3 Å². The fraction of sp³-hybridized carbons (Fsp3) is 0.125. The minimum atomic E-state index is 0.680. The van der Waals surface area contributed by atoms with E-state index in [4.69, 9.17) is 4.74 Å². The van der Waals surface area contributed by atoms with Crippen LogP contribution in [0.25, 0.3) is 22.0 Å². The molecule has 3 aromatic rings. The molecule has 0 N–H and O–H groups in total. The number of pyridine rings is 1. The molecule has 100 valence electrons. The topological polar surface area (TPSA) is 35.0 Å². The van der Waals surface area contributed by atoms with Crippen molar-refractivity contribution in [3.8, 4) is 27.7 Å². The van der Waals surface area contributed by atoms with E-state index in [1.807, 2.05) is 49.4 Å². The Balaban J connectivity index is 1.86. The van der Waals surface area contributed by atoms with Gasteiger partial charge in [-0.3, -0.25) is 4.98 Å². The van der Waals surface area contributed by atoms with Crippen LogP contribution >= 0.6 is 11.3 Å². The summed E-state index contributed by atoms with van der Waals surface area (Å²) in [4.78, 5) is 8.96. The summed E-state index contributed by atoms with van der Waals surface area (Å²) in [6.07, 6.45) is 1.79. The van der Waals surface area contributed by atoms with Gasteiger partial charge in [-0.25, -0.2) is 4.98 Å². The second-order valence-corrected chi connectivity index (χ2v) is 5.07. The zero-order valence-electron chi connectivity index (χ0n) is 11.1. The van der Waals surface area contributed by atoms with E-state index < -0.39 is 0 Å². The van der Waals surface area contributed by atoms with Gasteiger partial charge < -0.3 is 4.74 Å². The zero-order chi connectivity index (χ0) is 13.8. The Hall–Kier alpha value is -2.20. The summed E-state index contributed by atoms with van der Waals surface area (Å²) in [7, 11) is 0. The third-order valence-corrected chi connectivity index (χ3v) is 3.71. The highest BCUT2D eigenvalue weighted by Crippen LogP contribution is 2.28. The van der Waals surface area contributed by atoms with E-state index in [0.29, 0.717) is 6.61 Å². The Bertz CT molecular complexity index is 677. The molecule has 0 amide bonds. The van der Waals surface area contributed by atoms with Crippen LogP contribution in [0.1, 0.15) is 6.92 Å². The molecular formula is C16H14N2OS. The number of thiazole rings is 1. The van der Waals surface area contributed by atoms with E-state index in [1.54, 1.807) is 17.5 Å². The van der Waals surface area contributed by atoms with Crippen LogP contribution in [0, 0.1) is 0 Å². The maximum Gasteiger partial charge on any atom is 0.142 e. The number of ether oxygens (including phenoxy) is 1. The molecule has 0 spiro atoms. The summed E-state index contributed by atoms with van der Waals surface area (Å²) in [5, 5.41) is 2.99. The number of nitrogens with zero attached hydrogens (tertiary/aromatic N) is 2. The number of aromatic nitrogens is 2. The molecule has 0 atom stereocenters. The van der Waals surface area contributed by atoms with Gasteiger partial charge in [0.05, 0.1) is 18.0 Å². The van der Waals surface area contributed by atoms with Crippen LogP contribution in [0.4, 0.5) is 0 Å². The monoisotopic (exact) mass is 282 g/mol.